The number of ether oxygens (including phenoxy) is 2. The number of rotatable bonds is 14. The first-order chi connectivity index (χ1) is 36.2. The molecular formula is C50H52F9N15O3. The zero-order valence-electron chi connectivity index (χ0n) is 42.3. The van der Waals surface area contributed by atoms with Gasteiger partial charge in [0.1, 0.15) is 29.5 Å². The molecule has 7 N–H and O–H groups in total. The molecular weight excluding hydrogens is 1030 g/mol. The van der Waals surface area contributed by atoms with E-state index in [1.54, 1.807) is 43.3 Å². The molecule has 0 radical (unpaired) electrons. The number of hydrogen-bond acceptors (Lipinski definition) is 15. The summed E-state index contributed by atoms with van der Waals surface area (Å²) in [5.41, 5.74) is 2.97. The van der Waals surface area contributed by atoms with Crippen LogP contribution >= 0.6 is 0 Å². The van der Waals surface area contributed by atoms with E-state index >= 15 is 0 Å². The van der Waals surface area contributed by atoms with E-state index in [9.17, 15) is 44.6 Å². The average Bonchev–Trinajstić information content (AvgIpc) is 4.14. The topological polar surface area (TPSA) is 243 Å². The Balaban J connectivity index is 0.000000168. The molecule has 0 bridgehead atoms. The number of nitrogens with one attached hydrogen (secondary N) is 4. The van der Waals surface area contributed by atoms with Crippen LogP contribution in [-0.4, -0.2) is 123 Å². The van der Waals surface area contributed by atoms with Crippen LogP contribution in [0.5, 0.6) is 11.8 Å². The van der Waals surface area contributed by atoms with Gasteiger partial charge in [0, 0.05) is 70.9 Å². The van der Waals surface area contributed by atoms with Gasteiger partial charge in [0.25, 0.3) is 0 Å². The third-order valence-electron chi connectivity index (χ3n) is 11.8. The van der Waals surface area contributed by atoms with Gasteiger partial charge in [-0.05, 0) is 95.5 Å². The standard InChI is InChI=1S/C18H20F3N5O.C17H18F3N5O.C15H14F3N5O/c1-17(2,26(3)4)10-27-13-8-7-12(18(19,20)21)15(23-13)14-11-6-5-9-22-16(11)25-24-14;1-16(2,8-21)9-26-12-6-5-11(17(18,19)20)14(23-12)13-10-4-3-7-22-15(10)25-24-13;1-8(24)7-20-11-5-4-10(15(16,17)18)13(21-11)12-9-3-2-6-19-14(9)23-22-12/h5-9H,10H2,1-4H3,(H,22,24,25);3-7H,8-9,21H2,1-2H3,(H,22,24,25);2-6,8,24H,7H2,1H3,(H,20,21)(H,19,22,23). The molecule has 9 aromatic rings. The van der Waals surface area contributed by atoms with Gasteiger partial charge in [-0.2, -0.15) is 54.8 Å². The molecule has 0 saturated heterocycles. The number of aliphatic hydroxyl groups excluding tert-OH is 1. The summed E-state index contributed by atoms with van der Waals surface area (Å²) >= 11 is 0. The lowest BCUT2D eigenvalue weighted by Crippen LogP contribution is -2.43. The SMILES string of the molecule is CC(C)(CN)COc1ccc(C(F)(F)F)c(-c2[nH]nc3ncccc23)n1.CC(O)CNc1ccc(C(F)(F)F)c(-c2[nH]nc3ncccc23)n1.CN(C)C(C)(C)COc1ccc(C(F)(F)F)c(-c2[nH]nc3ncccc23)n1. The van der Waals surface area contributed by atoms with Crippen molar-refractivity contribution >= 4 is 38.9 Å². The van der Waals surface area contributed by atoms with E-state index in [1.807, 2.05) is 46.7 Å². The van der Waals surface area contributed by atoms with Gasteiger partial charge in [-0.3, -0.25) is 15.3 Å². The third kappa shape index (κ3) is 13.7. The lowest BCUT2D eigenvalue weighted by Gasteiger charge is -2.32. The van der Waals surface area contributed by atoms with Crippen LogP contribution < -0.4 is 20.5 Å². The largest absolute Gasteiger partial charge is 0.477 e. The molecule has 1 unspecified atom stereocenters. The maximum absolute atomic E-state index is 13.5. The number of hydrogen-bond donors (Lipinski definition) is 6. The lowest BCUT2D eigenvalue weighted by atomic mass is 9.95. The summed E-state index contributed by atoms with van der Waals surface area (Å²) in [6, 6.07) is 16.3. The molecule has 0 spiro atoms. The van der Waals surface area contributed by atoms with Gasteiger partial charge in [0.05, 0.1) is 46.5 Å². The summed E-state index contributed by atoms with van der Waals surface area (Å²) in [7, 11) is 3.80. The van der Waals surface area contributed by atoms with E-state index in [2.05, 4.69) is 65.8 Å². The van der Waals surface area contributed by atoms with Crippen molar-refractivity contribution in [3.05, 3.63) is 108 Å². The molecule has 27 heteroatoms. The van der Waals surface area contributed by atoms with Crippen molar-refractivity contribution in [2.75, 3.05) is 45.7 Å². The summed E-state index contributed by atoms with van der Waals surface area (Å²) in [5.74, 6) is 0.422. The highest BCUT2D eigenvalue weighted by Crippen LogP contribution is 2.41. The minimum Gasteiger partial charge on any atom is -0.477 e. The summed E-state index contributed by atoms with van der Waals surface area (Å²) < 4.78 is 132. The van der Waals surface area contributed by atoms with Gasteiger partial charge >= 0.3 is 18.5 Å². The highest BCUT2D eigenvalue weighted by Gasteiger charge is 2.38. The van der Waals surface area contributed by atoms with E-state index in [-0.39, 0.29) is 82.5 Å². The number of nitrogens with two attached hydrogens (primary N) is 1. The number of halogens is 9. The van der Waals surface area contributed by atoms with Gasteiger partial charge < -0.3 is 30.5 Å². The summed E-state index contributed by atoms with van der Waals surface area (Å²) in [6.07, 6.45) is -9.82. The number of alkyl halides is 9. The fourth-order valence-corrected chi connectivity index (χ4v) is 6.91. The number of aromatic nitrogens is 12. The Kier molecular flexibility index (Phi) is 16.7. The normalized spacial score (nSPS) is 12.8. The predicted octanol–water partition coefficient (Wildman–Crippen LogP) is 9.99. The van der Waals surface area contributed by atoms with Crippen LogP contribution in [0.1, 0.15) is 51.3 Å². The van der Waals surface area contributed by atoms with Crippen LogP contribution in [-0.2, 0) is 18.5 Å². The van der Waals surface area contributed by atoms with Crippen molar-refractivity contribution in [3.8, 4) is 45.9 Å². The molecule has 9 aromatic heterocycles. The van der Waals surface area contributed by atoms with Crippen LogP contribution in [0.3, 0.4) is 0 Å². The Bertz CT molecular complexity index is 3440. The Morgan fingerprint density at radius 3 is 1.31 bits per heavy atom. The van der Waals surface area contributed by atoms with Crippen molar-refractivity contribution < 1.29 is 54.1 Å². The third-order valence-corrected chi connectivity index (χ3v) is 11.8. The molecule has 0 aliphatic heterocycles. The van der Waals surface area contributed by atoms with Crippen LogP contribution in [0, 0.1) is 5.41 Å². The Morgan fingerprint density at radius 1 is 0.571 bits per heavy atom. The van der Waals surface area contributed by atoms with Gasteiger partial charge in [-0.1, -0.05) is 13.8 Å². The predicted molar refractivity (Wildman–Crippen MR) is 268 cm³/mol. The minimum atomic E-state index is -4.57. The van der Waals surface area contributed by atoms with E-state index in [1.165, 1.54) is 36.8 Å². The van der Waals surface area contributed by atoms with Crippen molar-refractivity contribution in [1.82, 2.24) is 65.4 Å². The number of anilines is 1. The quantitative estimate of drug-likeness (QED) is 0.0555. The molecule has 9 heterocycles. The Hall–Kier alpha value is -8.04. The van der Waals surface area contributed by atoms with Crippen molar-refractivity contribution in [1.29, 1.82) is 0 Å². The van der Waals surface area contributed by atoms with E-state index in [0.717, 1.165) is 18.2 Å². The molecule has 0 aromatic carbocycles. The second kappa shape index (κ2) is 22.7. The number of aromatic amines is 3. The monoisotopic (exact) mass is 1080 g/mol. The number of nitrogens with zero attached hydrogens (tertiary/aromatic N) is 10. The minimum absolute atomic E-state index is 0.0844. The summed E-state index contributed by atoms with van der Waals surface area (Å²) in [6.45, 7) is 10.3. The van der Waals surface area contributed by atoms with Crippen molar-refractivity contribution in [3.63, 3.8) is 0 Å². The van der Waals surface area contributed by atoms with Crippen molar-refractivity contribution in [2.45, 2.75) is 64.8 Å². The molecule has 0 amide bonds. The molecule has 0 aliphatic rings. The van der Waals surface area contributed by atoms with Crippen LogP contribution in [0.4, 0.5) is 45.3 Å². The van der Waals surface area contributed by atoms with E-state index < -0.39 is 41.3 Å². The summed E-state index contributed by atoms with van der Waals surface area (Å²) in [5, 5.41) is 33.1. The van der Waals surface area contributed by atoms with Crippen LogP contribution in [0.25, 0.3) is 67.3 Å². The molecule has 77 heavy (non-hydrogen) atoms. The number of pyridine rings is 6. The number of fused-ring (bicyclic) bond motifs is 3. The molecule has 0 aliphatic carbocycles. The van der Waals surface area contributed by atoms with Gasteiger partial charge in [0.15, 0.2) is 16.9 Å². The molecule has 408 valence electrons. The van der Waals surface area contributed by atoms with E-state index in [0.29, 0.717) is 39.6 Å². The first-order valence-electron chi connectivity index (χ1n) is 23.3. The Labute approximate surface area is 433 Å². The molecule has 1 atom stereocenters. The highest BCUT2D eigenvalue weighted by atomic mass is 19.4. The molecule has 18 nitrogen and oxygen atoms in total. The van der Waals surface area contributed by atoms with Gasteiger partial charge in [0.2, 0.25) is 11.8 Å². The number of likely N-dealkylation sites (N-methyl/N-ethyl adjacent to an activating group) is 1. The number of aliphatic hydroxyl groups is 1. The maximum atomic E-state index is 13.5. The average molecular weight is 1080 g/mol. The highest BCUT2D eigenvalue weighted by molar-refractivity contribution is 5.92. The lowest BCUT2D eigenvalue weighted by molar-refractivity contribution is -0.138. The van der Waals surface area contributed by atoms with Crippen LogP contribution in [0.15, 0.2) is 91.4 Å². The molecule has 0 fully saturated rings. The fraction of sp³-hybridized carbons (Fsp3) is 0.340. The fourth-order valence-electron chi connectivity index (χ4n) is 6.91. The van der Waals surface area contributed by atoms with Gasteiger partial charge in [-0.15, -0.1) is 0 Å². The zero-order chi connectivity index (χ0) is 56.1. The second-order valence-corrected chi connectivity index (χ2v) is 19.0. The maximum Gasteiger partial charge on any atom is 0.418 e. The van der Waals surface area contributed by atoms with E-state index in [4.69, 9.17) is 15.2 Å². The zero-order valence-corrected chi connectivity index (χ0v) is 42.3. The summed E-state index contributed by atoms with van der Waals surface area (Å²) in [4.78, 5) is 26.3. The van der Waals surface area contributed by atoms with Crippen LogP contribution in [0.2, 0.25) is 0 Å². The molecule has 0 saturated carbocycles. The van der Waals surface area contributed by atoms with Crippen molar-refractivity contribution in [2.24, 2.45) is 11.1 Å². The first-order valence-corrected chi connectivity index (χ1v) is 23.3. The Morgan fingerprint density at radius 2 is 0.948 bits per heavy atom. The number of H-pyrrole nitrogens is 3. The van der Waals surface area contributed by atoms with Gasteiger partial charge in [-0.25, -0.2) is 29.9 Å². The smallest absolute Gasteiger partial charge is 0.418 e. The second-order valence-electron chi connectivity index (χ2n) is 19.0. The molecule has 9 rings (SSSR count). The first kappa shape index (κ1) is 56.7.